The summed E-state index contributed by atoms with van der Waals surface area (Å²) in [6.07, 6.45) is 2.04. The van der Waals surface area contributed by atoms with Gasteiger partial charge in [0.05, 0.1) is 0 Å². The summed E-state index contributed by atoms with van der Waals surface area (Å²) in [5.41, 5.74) is 6.36. The molecule has 1 unspecified atom stereocenters. The zero-order valence-corrected chi connectivity index (χ0v) is 8.06. The topological polar surface area (TPSA) is 26.0 Å². The van der Waals surface area contributed by atoms with Crippen molar-refractivity contribution in [1.82, 2.24) is 0 Å². The van der Waals surface area contributed by atoms with Gasteiger partial charge in [-0.3, -0.25) is 0 Å². The van der Waals surface area contributed by atoms with Crippen LogP contribution in [0.5, 0.6) is 0 Å². The minimum atomic E-state index is -0.556. The maximum absolute atomic E-state index is 13.3. The van der Waals surface area contributed by atoms with Crippen LogP contribution in [-0.4, -0.2) is 0 Å². The van der Waals surface area contributed by atoms with Crippen molar-refractivity contribution in [2.75, 3.05) is 0 Å². The Labute approximate surface area is 81.9 Å². The Morgan fingerprint density at radius 2 is 2.00 bits per heavy atom. The molecule has 0 radical (unpaired) electrons. The van der Waals surface area contributed by atoms with E-state index < -0.39 is 11.6 Å². The molecule has 0 heterocycles. The molecule has 1 atom stereocenters. The molecule has 0 aliphatic heterocycles. The molecule has 0 bridgehead atoms. The lowest BCUT2D eigenvalue weighted by Gasteiger charge is -2.19. The van der Waals surface area contributed by atoms with Gasteiger partial charge in [0, 0.05) is 17.7 Å². The Balaban J connectivity index is 2.32. The lowest BCUT2D eigenvalue weighted by molar-refractivity contribution is 0.430. The van der Waals surface area contributed by atoms with Crippen LogP contribution in [0.25, 0.3) is 0 Å². The number of hydrogen-bond acceptors (Lipinski definition) is 1. The zero-order chi connectivity index (χ0) is 10.3. The third-order valence-electron chi connectivity index (χ3n) is 3.09. The SMILES string of the molecule is CC1(C(N)c2ccc(F)cc2F)CC1. The van der Waals surface area contributed by atoms with Crippen LogP contribution in [0.1, 0.15) is 31.4 Å². The van der Waals surface area contributed by atoms with Crippen LogP contribution < -0.4 is 5.73 Å². The molecule has 1 aliphatic carbocycles. The first-order chi connectivity index (χ1) is 6.53. The van der Waals surface area contributed by atoms with E-state index >= 15 is 0 Å². The lowest BCUT2D eigenvalue weighted by atomic mass is 9.92. The van der Waals surface area contributed by atoms with Gasteiger partial charge in [0.1, 0.15) is 11.6 Å². The smallest absolute Gasteiger partial charge is 0.130 e. The maximum atomic E-state index is 13.3. The first-order valence-corrected chi connectivity index (χ1v) is 4.73. The highest BCUT2D eigenvalue weighted by Crippen LogP contribution is 2.53. The molecule has 0 spiro atoms. The van der Waals surface area contributed by atoms with Crippen molar-refractivity contribution in [3.8, 4) is 0 Å². The normalized spacial score (nSPS) is 20.6. The van der Waals surface area contributed by atoms with Gasteiger partial charge in [-0.15, -0.1) is 0 Å². The second-order valence-electron chi connectivity index (χ2n) is 4.30. The number of rotatable bonds is 2. The van der Waals surface area contributed by atoms with Crippen LogP contribution in [0.2, 0.25) is 0 Å². The summed E-state index contributed by atoms with van der Waals surface area (Å²) < 4.78 is 26.0. The van der Waals surface area contributed by atoms with Crippen LogP contribution in [0, 0.1) is 17.0 Å². The molecule has 0 amide bonds. The third kappa shape index (κ3) is 1.52. The van der Waals surface area contributed by atoms with Gasteiger partial charge in [-0.05, 0) is 24.3 Å². The van der Waals surface area contributed by atoms with Gasteiger partial charge in [0.2, 0.25) is 0 Å². The van der Waals surface area contributed by atoms with Crippen LogP contribution in [0.3, 0.4) is 0 Å². The molecule has 2 N–H and O–H groups in total. The van der Waals surface area contributed by atoms with Gasteiger partial charge < -0.3 is 5.73 Å². The summed E-state index contributed by atoms with van der Waals surface area (Å²) in [5, 5.41) is 0. The predicted octanol–water partition coefficient (Wildman–Crippen LogP) is 2.76. The van der Waals surface area contributed by atoms with Crippen molar-refractivity contribution in [1.29, 1.82) is 0 Å². The Morgan fingerprint density at radius 1 is 1.36 bits per heavy atom. The van der Waals surface area contributed by atoms with Crippen molar-refractivity contribution in [2.45, 2.75) is 25.8 Å². The molecular weight excluding hydrogens is 184 g/mol. The molecule has 14 heavy (non-hydrogen) atoms. The van der Waals surface area contributed by atoms with Gasteiger partial charge in [0.25, 0.3) is 0 Å². The first-order valence-electron chi connectivity index (χ1n) is 4.73. The van der Waals surface area contributed by atoms with E-state index in [1.807, 2.05) is 6.92 Å². The minimum absolute atomic E-state index is 0.0126. The molecule has 1 aromatic rings. The summed E-state index contributed by atoms with van der Waals surface area (Å²) in [7, 11) is 0. The van der Waals surface area contributed by atoms with Crippen LogP contribution >= 0.6 is 0 Å². The average Bonchev–Trinajstić information content (AvgIpc) is 2.84. The fourth-order valence-electron chi connectivity index (χ4n) is 1.64. The second-order valence-corrected chi connectivity index (χ2v) is 4.30. The van der Waals surface area contributed by atoms with E-state index in [1.54, 1.807) is 0 Å². The summed E-state index contributed by atoms with van der Waals surface area (Å²) in [6, 6.07) is 3.27. The highest BCUT2D eigenvalue weighted by atomic mass is 19.1. The number of hydrogen-bond donors (Lipinski definition) is 1. The molecule has 1 aromatic carbocycles. The van der Waals surface area contributed by atoms with Gasteiger partial charge in [-0.2, -0.15) is 0 Å². The molecule has 1 fully saturated rings. The zero-order valence-electron chi connectivity index (χ0n) is 8.06. The van der Waals surface area contributed by atoms with E-state index in [0.29, 0.717) is 5.56 Å². The molecule has 1 saturated carbocycles. The Bertz CT molecular complexity index is 358. The van der Waals surface area contributed by atoms with Crippen molar-refractivity contribution in [2.24, 2.45) is 11.1 Å². The monoisotopic (exact) mass is 197 g/mol. The van der Waals surface area contributed by atoms with E-state index in [9.17, 15) is 8.78 Å². The quantitative estimate of drug-likeness (QED) is 0.775. The first kappa shape index (κ1) is 9.59. The fraction of sp³-hybridized carbons (Fsp3) is 0.455. The molecule has 2 rings (SSSR count). The summed E-state index contributed by atoms with van der Waals surface area (Å²) in [6.45, 7) is 2.03. The molecule has 1 aliphatic rings. The predicted molar refractivity (Wildman–Crippen MR) is 50.6 cm³/mol. The number of nitrogens with two attached hydrogens (primary N) is 1. The Hall–Kier alpha value is -0.960. The van der Waals surface area contributed by atoms with E-state index in [0.717, 1.165) is 18.9 Å². The van der Waals surface area contributed by atoms with Crippen LogP contribution in [0.4, 0.5) is 8.78 Å². The highest BCUT2D eigenvalue weighted by Gasteiger charge is 2.44. The molecule has 0 aromatic heterocycles. The van der Waals surface area contributed by atoms with Crippen LogP contribution in [-0.2, 0) is 0 Å². The van der Waals surface area contributed by atoms with E-state index in [-0.39, 0.29) is 11.5 Å². The largest absolute Gasteiger partial charge is 0.323 e. The Morgan fingerprint density at radius 3 is 2.50 bits per heavy atom. The molecule has 1 nitrogen and oxygen atoms in total. The van der Waals surface area contributed by atoms with E-state index in [2.05, 4.69) is 0 Å². The van der Waals surface area contributed by atoms with Gasteiger partial charge in [-0.25, -0.2) is 8.78 Å². The van der Waals surface area contributed by atoms with E-state index in [4.69, 9.17) is 5.73 Å². The third-order valence-corrected chi connectivity index (χ3v) is 3.09. The number of halogens is 2. The summed E-state index contributed by atoms with van der Waals surface area (Å²) in [5.74, 6) is -1.09. The van der Waals surface area contributed by atoms with Crippen molar-refractivity contribution < 1.29 is 8.78 Å². The minimum Gasteiger partial charge on any atom is -0.323 e. The van der Waals surface area contributed by atoms with E-state index in [1.165, 1.54) is 12.1 Å². The number of benzene rings is 1. The second kappa shape index (κ2) is 3.02. The van der Waals surface area contributed by atoms with Gasteiger partial charge in [0.15, 0.2) is 0 Å². The lowest BCUT2D eigenvalue weighted by Crippen LogP contribution is -2.21. The molecule has 0 saturated heterocycles. The standard InChI is InChI=1S/C11H13F2N/c1-11(4-5-11)10(14)8-3-2-7(12)6-9(8)13/h2-3,6,10H,4-5,14H2,1H3. The summed E-state index contributed by atoms with van der Waals surface area (Å²) in [4.78, 5) is 0. The molecule has 76 valence electrons. The molecular formula is C11H13F2N. The molecule has 3 heteroatoms. The Kier molecular flexibility index (Phi) is 2.07. The van der Waals surface area contributed by atoms with Gasteiger partial charge >= 0.3 is 0 Å². The maximum Gasteiger partial charge on any atom is 0.130 e. The van der Waals surface area contributed by atoms with Crippen molar-refractivity contribution in [3.05, 3.63) is 35.4 Å². The summed E-state index contributed by atoms with van der Waals surface area (Å²) >= 11 is 0. The van der Waals surface area contributed by atoms with Crippen molar-refractivity contribution >= 4 is 0 Å². The van der Waals surface area contributed by atoms with Gasteiger partial charge in [-0.1, -0.05) is 13.0 Å². The highest BCUT2D eigenvalue weighted by molar-refractivity contribution is 5.25. The van der Waals surface area contributed by atoms with Crippen molar-refractivity contribution in [3.63, 3.8) is 0 Å². The van der Waals surface area contributed by atoms with Crippen LogP contribution in [0.15, 0.2) is 18.2 Å². The fourth-order valence-corrected chi connectivity index (χ4v) is 1.64. The average molecular weight is 197 g/mol.